The van der Waals surface area contributed by atoms with Crippen LogP contribution in [0.2, 0.25) is 0 Å². The summed E-state index contributed by atoms with van der Waals surface area (Å²) in [5, 5.41) is 0. The van der Waals surface area contributed by atoms with E-state index in [1.807, 2.05) is 18.2 Å². The number of hydrogen-bond acceptors (Lipinski definition) is 3. The maximum Gasteiger partial charge on any atom is 0.161 e. The zero-order valence-corrected chi connectivity index (χ0v) is 11.6. The SMILES string of the molecule is CC(=O)c1ccc(-c2ccc(CCN)cc2)nc1.Cl. The van der Waals surface area contributed by atoms with Crippen molar-refractivity contribution in [3.8, 4) is 11.3 Å². The van der Waals surface area contributed by atoms with Gasteiger partial charge >= 0.3 is 0 Å². The minimum atomic E-state index is 0. The second kappa shape index (κ2) is 7.02. The van der Waals surface area contributed by atoms with E-state index < -0.39 is 0 Å². The number of pyridine rings is 1. The third-order valence-electron chi connectivity index (χ3n) is 2.85. The summed E-state index contributed by atoms with van der Waals surface area (Å²) in [5.41, 5.74) is 9.29. The van der Waals surface area contributed by atoms with Crippen LogP contribution < -0.4 is 5.73 Å². The number of aromatic nitrogens is 1. The Morgan fingerprint density at radius 3 is 2.32 bits per heavy atom. The van der Waals surface area contributed by atoms with Crippen LogP contribution in [0.3, 0.4) is 0 Å². The molecule has 0 aliphatic heterocycles. The molecule has 1 aromatic heterocycles. The second-order valence-electron chi connectivity index (χ2n) is 4.22. The Hall–Kier alpha value is -1.71. The number of hydrogen-bond donors (Lipinski definition) is 1. The van der Waals surface area contributed by atoms with Gasteiger partial charge in [0.1, 0.15) is 0 Å². The number of halogens is 1. The van der Waals surface area contributed by atoms with Crippen LogP contribution in [0.4, 0.5) is 0 Å². The van der Waals surface area contributed by atoms with Crippen LogP contribution in [-0.2, 0) is 6.42 Å². The summed E-state index contributed by atoms with van der Waals surface area (Å²) in [5.74, 6) is 0.0346. The molecule has 0 radical (unpaired) electrons. The smallest absolute Gasteiger partial charge is 0.161 e. The lowest BCUT2D eigenvalue weighted by Gasteiger charge is -2.03. The number of carbonyl (C=O) groups is 1. The maximum atomic E-state index is 11.2. The number of nitrogens with zero attached hydrogens (tertiary/aromatic N) is 1. The molecular formula is C15H17ClN2O. The van der Waals surface area contributed by atoms with Gasteiger partial charge in [0.25, 0.3) is 0 Å². The molecule has 3 nitrogen and oxygen atoms in total. The first-order valence-electron chi connectivity index (χ1n) is 5.97. The van der Waals surface area contributed by atoms with E-state index in [0.29, 0.717) is 12.1 Å². The number of ketones is 1. The average Bonchev–Trinajstić information content (AvgIpc) is 2.40. The van der Waals surface area contributed by atoms with Crippen molar-refractivity contribution in [3.63, 3.8) is 0 Å². The van der Waals surface area contributed by atoms with Crippen LogP contribution in [0.1, 0.15) is 22.8 Å². The van der Waals surface area contributed by atoms with Crippen LogP contribution in [0.25, 0.3) is 11.3 Å². The average molecular weight is 277 g/mol. The fourth-order valence-corrected chi connectivity index (χ4v) is 1.78. The summed E-state index contributed by atoms with van der Waals surface area (Å²) in [4.78, 5) is 15.5. The third kappa shape index (κ3) is 3.88. The highest BCUT2D eigenvalue weighted by Crippen LogP contribution is 2.18. The lowest BCUT2D eigenvalue weighted by atomic mass is 10.1. The van der Waals surface area contributed by atoms with Crippen molar-refractivity contribution in [3.05, 3.63) is 53.7 Å². The van der Waals surface area contributed by atoms with Crippen molar-refractivity contribution >= 4 is 18.2 Å². The molecule has 0 fully saturated rings. The maximum absolute atomic E-state index is 11.2. The second-order valence-corrected chi connectivity index (χ2v) is 4.22. The summed E-state index contributed by atoms with van der Waals surface area (Å²) in [6, 6.07) is 11.8. The van der Waals surface area contributed by atoms with Gasteiger partial charge < -0.3 is 5.73 Å². The minimum absolute atomic E-state index is 0. The number of carbonyl (C=O) groups excluding carboxylic acids is 1. The number of benzene rings is 1. The zero-order valence-electron chi connectivity index (χ0n) is 10.8. The molecule has 0 unspecified atom stereocenters. The molecule has 0 aliphatic carbocycles. The summed E-state index contributed by atoms with van der Waals surface area (Å²) in [6.07, 6.45) is 2.50. The molecule has 0 saturated carbocycles. The van der Waals surface area contributed by atoms with E-state index >= 15 is 0 Å². The standard InChI is InChI=1S/C15H16N2O.ClH/c1-11(18)14-6-7-15(17-10-14)13-4-2-12(3-5-13)8-9-16;/h2-7,10H,8-9,16H2,1H3;1H. The third-order valence-corrected chi connectivity index (χ3v) is 2.85. The Bertz CT molecular complexity index is 535. The molecule has 0 saturated heterocycles. The molecule has 0 amide bonds. The summed E-state index contributed by atoms with van der Waals surface area (Å²) < 4.78 is 0. The summed E-state index contributed by atoms with van der Waals surface area (Å²) in [6.45, 7) is 2.20. The summed E-state index contributed by atoms with van der Waals surface area (Å²) in [7, 11) is 0. The molecule has 1 heterocycles. The molecule has 2 rings (SSSR count). The van der Waals surface area contributed by atoms with Crippen molar-refractivity contribution in [2.45, 2.75) is 13.3 Å². The van der Waals surface area contributed by atoms with Gasteiger partial charge in [0.2, 0.25) is 0 Å². The Morgan fingerprint density at radius 1 is 1.16 bits per heavy atom. The molecule has 100 valence electrons. The van der Waals surface area contributed by atoms with E-state index in [-0.39, 0.29) is 18.2 Å². The molecule has 0 bridgehead atoms. The highest BCUT2D eigenvalue weighted by Gasteiger charge is 2.02. The highest BCUT2D eigenvalue weighted by atomic mass is 35.5. The van der Waals surface area contributed by atoms with Gasteiger partial charge in [-0.1, -0.05) is 24.3 Å². The zero-order chi connectivity index (χ0) is 13.0. The fraction of sp³-hybridized carbons (Fsp3) is 0.200. The van der Waals surface area contributed by atoms with Gasteiger partial charge in [0.05, 0.1) is 5.69 Å². The largest absolute Gasteiger partial charge is 0.330 e. The molecule has 0 spiro atoms. The Kier molecular flexibility index (Phi) is 5.67. The van der Waals surface area contributed by atoms with Gasteiger partial charge in [-0.15, -0.1) is 12.4 Å². The number of nitrogens with two attached hydrogens (primary N) is 1. The van der Waals surface area contributed by atoms with Crippen LogP contribution in [0, 0.1) is 0 Å². The van der Waals surface area contributed by atoms with E-state index in [1.165, 1.54) is 12.5 Å². The van der Waals surface area contributed by atoms with E-state index in [1.54, 1.807) is 12.3 Å². The normalized spacial score (nSPS) is 9.79. The van der Waals surface area contributed by atoms with Gasteiger partial charge in [0.15, 0.2) is 5.78 Å². The van der Waals surface area contributed by atoms with Crippen molar-refractivity contribution < 1.29 is 4.79 Å². The number of rotatable bonds is 4. The molecule has 0 aliphatic rings. The van der Waals surface area contributed by atoms with Crippen molar-refractivity contribution in [2.75, 3.05) is 6.54 Å². The van der Waals surface area contributed by atoms with Crippen molar-refractivity contribution in [1.82, 2.24) is 4.98 Å². The highest BCUT2D eigenvalue weighted by molar-refractivity contribution is 5.93. The van der Waals surface area contributed by atoms with Gasteiger partial charge in [-0.3, -0.25) is 9.78 Å². The lowest BCUT2D eigenvalue weighted by Crippen LogP contribution is -2.02. The predicted octanol–water partition coefficient (Wildman–Crippen LogP) is 2.87. The molecular weight excluding hydrogens is 260 g/mol. The Morgan fingerprint density at radius 2 is 1.84 bits per heavy atom. The number of Topliss-reactive ketones (excluding diaryl/α,β-unsaturated/α-hetero) is 1. The van der Waals surface area contributed by atoms with E-state index in [2.05, 4.69) is 17.1 Å². The van der Waals surface area contributed by atoms with E-state index in [4.69, 9.17) is 5.73 Å². The fourth-order valence-electron chi connectivity index (χ4n) is 1.78. The van der Waals surface area contributed by atoms with E-state index in [0.717, 1.165) is 17.7 Å². The minimum Gasteiger partial charge on any atom is -0.330 e. The van der Waals surface area contributed by atoms with Gasteiger partial charge in [-0.2, -0.15) is 0 Å². The van der Waals surface area contributed by atoms with Crippen molar-refractivity contribution in [2.24, 2.45) is 5.73 Å². The quantitative estimate of drug-likeness (QED) is 0.874. The Labute approximate surface area is 119 Å². The molecule has 2 N–H and O–H groups in total. The molecule has 0 atom stereocenters. The molecule has 2 aromatic rings. The molecule has 19 heavy (non-hydrogen) atoms. The summed E-state index contributed by atoms with van der Waals surface area (Å²) >= 11 is 0. The van der Waals surface area contributed by atoms with Gasteiger partial charge in [-0.25, -0.2) is 0 Å². The van der Waals surface area contributed by atoms with Crippen LogP contribution in [0.15, 0.2) is 42.6 Å². The molecule has 4 heteroatoms. The Balaban J connectivity index is 0.00000180. The predicted molar refractivity (Wildman–Crippen MR) is 79.7 cm³/mol. The van der Waals surface area contributed by atoms with Crippen LogP contribution in [-0.4, -0.2) is 17.3 Å². The topological polar surface area (TPSA) is 56.0 Å². The first-order valence-corrected chi connectivity index (χ1v) is 5.97. The van der Waals surface area contributed by atoms with Gasteiger partial charge in [-0.05, 0) is 37.6 Å². The van der Waals surface area contributed by atoms with Crippen molar-refractivity contribution in [1.29, 1.82) is 0 Å². The van der Waals surface area contributed by atoms with Crippen LogP contribution >= 0.6 is 12.4 Å². The van der Waals surface area contributed by atoms with Gasteiger partial charge in [0, 0.05) is 17.3 Å². The first kappa shape index (κ1) is 15.3. The first-order chi connectivity index (χ1) is 8.70. The molecule has 1 aromatic carbocycles. The van der Waals surface area contributed by atoms with Crippen LogP contribution in [0.5, 0.6) is 0 Å². The lowest BCUT2D eigenvalue weighted by molar-refractivity contribution is 0.101. The monoisotopic (exact) mass is 276 g/mol. The van der Waals surface area contributed by atoms with E-state index in [9.17, 15) is 4.79 Å².